The smallest absolute Gasteiger partial charge is 0.222 e. The highest BCUT2D eigenvalue weighted by atomic mass is 16.2. The van der Waals surface area contributed by atoms with Crippen LogP contribution in [0.5, 0.6) is 0 Å². The Morgan fingerprint density at radius 3 is 3.04 bits per heavy atom. The molecule has 8 nitrogen and oxygen atoms in total. The quantitative estimate of drug-likeness (QED) is 0.372. The largest absolute Gasteiger partial charge is 0.357 e. The molecule has 2 aromatic rings. The van der Waals surface area contributed by atoms with Crippen LogP contribution in [0.15, 0.2) is 35.6 Å². The highest BCUT2D eigenvalue weighted by Gasteiger charge is 2.18. The highest BCUT2D eigenvalue weighted by Crippen LogP contribution is 2.16. The lowest BCUT2D eigenvalue weighted by atomic mass is 10.1. The van der Waals surface area contributed by atoms with Gasteiger partial charge in [-0.2, -0.15) is 5.10 Å². The van der Waals surface area contributed by atoms with E-state index in [1.54, 1.807) is 0 Å². The number of hydrogen-bond acceptors (Lipinski definition) is 4. The Morgan fingerprint density at radius 2 is 2.30 bits per heavy atom. The Labute approximate surface area is 159 Å². The number of likely N-dealkylation sites (tertiary alicyclic amines) is 1. The summed E-state index contributed by atoms with van der Waals surface area (Å²) in [7, 11) is 0. The molecule has 0 unspecified atom stereocenters. The van der Waals surface area contributed by atoms with Gasteiger partial charge in [-0.3, -0.25) is 9.89 Å². The number of nitrogens with zero attached hydrogens (tertiary/aromatic N) is 4. The van der Waals surface area contributed by atoms with Gasteiger partial charge in [-0.15, -0.1) is 0 Å². The lowest BCUT2D eigenvalue weighted by Gasteiger charge is -2.16. The number of aliphatic imine (C=N–C) groups is 1. The van der Waals surface area contributed by atoms with E-state index in [9.17, 15) is 4.79 Å². The first-order valence-corrected chi connectivity index (χ1v) is 9.51. The van der Waals surface area contributed by atoms with Crippen molar-refractivity contribution in [3.63, 3.8) is 0 Å². The van der Waals surface area contributed by atoms with Crippen molar-refractivity contribution in [2.75, 3.05) is 26.2 Å². The minimum atomic E-state index is 0.280. The Bertz CT molecular complexity index is 757. The van der Waals surface area contributed by atoms with Gasteiger partial charge in [0.15, 0.2) is 11.8 Å². The van der Waals surface area contributed by atoms with Crippen LogP contribution in [0, 0.1) is 0 Å². The van der Waals surface area contributed by atoms with Crippen molar-refractivity contribution in [2.24, 2.45) is 4.99 Å². The summed E-state index contributed by atoms with van der Waals surface area (Å²) < 4.78 is 0. The third-order valence-electron chi connectivity index (χ3n) is 4.45. The zero-order valence-corrected chi connectivity index (χ0v) is 15.7. The first-order valence-electron chi connectivity index (χ1n) is 9.51. The van der Waals surface area contributed by atoms with E-state index in [0.717, 1.165) is 61.9 Å². The van der Waals surface area contributed by atoms with E-state index in [2.05, 4.69) is 36.9 Å². The summed E-state index contributed by atoms with van der Waals surface area (Å²) >= 11 is 0. The van der Waals surface area contributed by atoms with Crippen LogP contribution in [0.1, 0.15) is 31.7 Å². The second-order valence-electron chi connectivity index (χ2n) is 6.49. The minimum Gasteiger partial charge on any atom is -0.357 e. The zero-order chi connectivity index (χ0) is 18.9. The normalized spacial score (nSPS) is 14.6. The molecular weight excluding hydrogens is 342 g/mol. The lowest BCUT2D eigenvalue weighted by molar-refractivity contribution is -0.127. The van der Waals surface area contributed by atoms with Gasteiger partial charge in [0, 0.05) is 38.2 Å². The Balaban J connectivity index is 1.51. The summed E-state index contributed by atoms with van der Waals surface area (Å²) in [6.45, 7) is 5.91. The van der Waals surface area contributed by atoms with E-state index in [1.807, 2.05) is 30.0 Å². The molecule has 1 fully saturated rings. The second kappa shape index (κ2) is 9.70. The third-order valence-corrected chi connectivity index (χ3v) is 4.45. The number of guanidine groups is 1. The van der Waals surface area contributed by atoms with Crippen LogP contribution < -0.4 is 10.6 Å². The van der Waals surface area contributed by atoms with Crippen molar-refractivity contribution in [3.05, 3.63) is 36.2 Å². The van der Waals surface area contributed by atoms with Crippen molar-refractivity contribution in [1.29, 1.82) is 0 Å². The predicted molar refractivity (Wildman–Crippen MR) is 105 cm³/mol. The van der Waals surface area contributed by atoms with Gasteiger partial charge in [-0.1, -0.05) is 18.2 Å². The Kier molecular flexibility index (Phi) is 6.78. The molecule has 0 spiro atoms. The van der Waals surface area contributed by atoms with Crippen LogP contribution in [-0.4, -0.2) is 58.1 Å². The number of carbonyl (C=O) groups excluding carboxylic acids is 1. The molecule has 2 heterocycles. The summed E-state index contributed by atoms with van der Waals surface area (Å²) in [6, 6.07) is 8.10. The molecule has 1 aromatic heterocycles. The minimum absolute atomic E-state index is 0.280. The summed E-state index contributed by atoms with van der Waals surface area (Å²) in [5.41, 5.74) is 2.09. The van der Waals surface area contributed by atoms with Gasteiger partial charge in [0.1, 0.15) is 6.33 Å². The fraction of sp³-hybridized carbons (Fsp3) is 0.474. The average molecular weight is 369 g/mol. The van der Waals surface area contributed by atoms with E-state index in [0.29, 0.717) is 13.0 Å². The topological polar surface area (TPSA) is 98.3 Å². The molecule has 0 saturated carbocycles. The summed E-state index contributed by atoms with van der Waals surface area (Å²) in [6.07, 6.45) is 4.11. The van der Waals surface area contributed by atoms with Crippen LogP contribution in [-0.2, 0) is 11.3 Å². The van der Waals surface area contributed by atoms with Gasteiger partial charge in [0.25, 0.3) is 0 Å². The van der Waals surface area contributed by atoms with E-state index in [1.165, 1.54) is 6.33 Å². The van der Waals surface area contributed by atoms with Crippen LogP contribution in [0.25, 0.3) is 11.4 Å². The Morgan fingerprint density at radius 1 is 1.37 bits per heavy atom. The number of amides is 1. The van der Waals surface area contributed by atoms with Gasteiger partial charge >= 0.3 is 0 Å². The number of carbonyl (C=O) groups is 1. The molecule has 1 amide bonds. The maximum absolute atomic E-state index is 11.6. The fourth-order valence-corrected chi connectivity index (χ4v) is 3.09. The predicted octanol–water partition coefficient (Wildman–Crippen LogP) is 1.54. The third kappa shape index (κ3) is 5.54. The molecule has 144 valence electrons. The van der Waals surface area contributed by atoms with E-state index >= 15 is 0 Å². The molecule has 8 heteroatoms. The molecule has 0 atom stereocenters. The van der Waals surface area contributed by atoms with Gasteiger partial charge in [-0.05, 0) is 31.4 Å². The van der Waals surface area contributed by atoms with Crippen molar-refractivity contribution < 1.29 is 4.79 Å². The van der Waals surface area contributed by atoms with Crippen molar-refractivity contribution in [1.82, 2.24) is 30.7 Å². The number of benzene rings is 1. The lowest BCUT2D eigenvalue weighted by Crippen LogP contribution is -2.39. The maximum atomic E-state index is 11.6. The van der Waals surface area contributed by atoms with Gasteiger partial charge in [0.05, 0.1) is 6.54 Å². The van der Waals surface area contributed by atoms with Crippen molar-refractivity contribution in [3.8, 4) is 11.4 Å². The standard InChI is InChI=1S/C19H27N7O/c1-2-20-19(21-9-5-11-26-10-4-8-17(26)27)22-13-15-6-3-7-16(12-15)18-23-14-24-25-18/h3,6-7,12,14H,2,4-5,8-11,13H2,1H3,(H2,20,21,22)(H,23,24,25). The molecule has 27 heavy (non-hydrogen) atoms. The molecule has 1 aromatic carbocycles. The van der Waals surface area contributed by atoms with E-state index < -0.39 is 0 Å². The molecule has 1 aliphatic rings. The zero-order valence-electron chi connectivity index (χ0n) is 15.7. The molecular formula is C19H27N7O. The van der Waals surface area contributed by atoms with Crippen LogP contribution in [0.2, 0.25) is 0 Å². The van der Waals surface area contributed by atoms with Crippen molar-refractivity contribution >= 4 is 11.9 Å². The highest BCUT2D eigenvalue weighted by molar-refractivity contribution is 5.80. The first kappa shape index (κ1) is 18.9. The number of hydrogen-bond donors (Lipinski definition) is 3. The molecule has 3 rings (SSSR count). The summed E-state index contributed by atoms with van der Waals surface area (Å²) in [5, 5.41) is 13.4. The first-order chi connectivity index (χ1) is 13.3. The average Bonchev–Trinajstić information content (AvgIpc) is 3.35. The number of H-pyrrole nitrogens is 1. The van der Waals surface area contributed by atoms with Crippen LogP contribution >= 0.6 is 0 Å². The number of aromatic nitrogens is 3. The maximum Gasteiger partial charge on any atom is 0.222 e. The van der Waals surface area contributed by atoms with Gasteiger partial charge < -0.3 is 15.5 Å². The van der Waals surface area contributed by atoms with E-state index in [-0.39, 0.29) is 5.91 Å². The molecule has 1 aliphatic heterocycles. The van der Waals surface area contributed by atoms with Crippen LogP contribution in [0.4, 0.5) is 0 Å². The number of nitrogens with one attached hydrogen (secondary N) is 3. The molecule has 1 saturated heterocycles. The SMILES string of the molecule is CCNC(=NCc1cccc(-c2ncn[nH]2)c1)NCCCN1CCCC1=O. The van der Waals surface area contributed by atoms with Gasteiger partial charge in [0.2, 0.25) is 5.91 Å². The molecule has 0 bridgehead atoms. The molecule has 3 N–H and O–H groups in total. The van der Waals surface area contributed by atoms with Gasteiger partial charge in [-0.25, -0.2) is 9.98 Å². The van der Waals surface area contributed by atoms with E-state index in [4.69, 9.17) is 0 Å². The summed E-state index contributed by atoms with van der Waals surface area (Å²) in [5.74, 6) is 1.82. The van der Waals surface area contributed by atoms with Crippen LogP contribution in [0.3, 0.4) is 0 Å². The monoisotopic (exact) mass is 369 g/mol. The van der Waals surface area contributed by atoms with Crippen molar-refractivity contribution in [2.45, 2.75) is 32.7 Å². The summed E-state index contributed by atoms with van der Waals surface area (Å²) in [4.78, 5) is 22.4. The molecule has 0 aliphatic carbocycles. The number of aromatic amines is 1. The fourth-order valence-electron chi connectivity index (χ4n) is 3.09. The number of rotatable bonds is 8. The Hall–Kier alpha value is -2.90. The molecule has 0 radical (unpaired) electrons. The second-order valence-corrected chi connectivity index (χ2v) is 6.49.